The van der Waals surface area contributed by atoms with Gasteiger partial charge in [-0.05, 0) is 32.6 Å². The minimum Gasteiger partial charge on any atom is -0.461 e. The Morgan fingerprint density at radius 1 is 1.42 bits per heavy atom. The van der Waals surface area contributed by atoms with Gasteiger partial charge in [0.1, 0.15) is 0 Å². The van der Waals surface area contributed by atoms with Gasteiger partial charge in [-0.3, -0.25) is 0 Å². The zero-order chi connectivity index (χ0) is 14.4. The predicted molar refractivity (Wildman–Crippen MR) is 70.8 cm³/mol. The molecule has 0 aliphatic heterocycles. The van der Waals surface area contributed by atoms with E-state index in [1.54, 1.807) is 18.5 Å². The summed E-state index contributed by atoms with van der Waals surface area (Å²) >= 11 is 0. The van der Waals surface area contributed by atoms with E-state index < -0.39 is 12.1 Å². The van der Waals surface area contributed by atoms with Gasteiger partial charge in [-0.2, -0.15) is 0 Å². The SMILES string of the molecule is CCOC(=O)c1nnn(CCC(C)O)c1CC(C)C. The molecule has 0 aromatic carbocycles. The highest BCUT2D eigenvalue weighted by Crippen LogP contribution is 2.14. The van der Waals surface area contributed by atoms with E-state index in [0.29, 0.717) is 37.6 Å². The molecule has 0 amide bonds. The fourth-order valence-corrected chi connectivity index (χ4v) is 1.77. The van der Waals surface area contributed by atoms with Crippen LogP contribution in [0.2, 0.25) is 0 Å². The van der Waals surface area contributed by atoms with Crippen molar-refractivity contribution < 1.29 is 14.6 Å². The van der Waals surface area contributed by atoms with Crippen LogP contribution in [0.15, 0.2) is 0 Å². The van der Waals surface area contributed by atoms with Crippen molar-refractivity contribution >= 4 is 5.97 Å². The standard InChI is InChI=1S/C13H23N3O3/c1-5-19-13(18)12-11(8-9(2)3)16(15-14-12)7-6-10(4)17/h9-10,17H,5-8H2,1-4H3. The third-order valence-corrected chi connectivity index (χ3v) is 2.67. The van der Waals surface area contributed by atoms with Crippen LogP contribution in [-0.4, -0.2) is 38.8 Å². The second kappa shape index (κ2) is 7.23. The van der Waals surface area contributed by atoms with Gasteiger partial charge in [0.05, 0.1) is 18.4 Å². The number of carbonyl (C=O) groups excluding carboxylic acids is 1. The topological polar surface area (TPSA) is 77.2 Å². The largest absolute Gasteiger partial charge is 0.461 e. The molecule has 6 nitrogen and oxygen atoms in total. The number of esters is 1. The lowest BCUT2D eigenvalue weighted by atomic mass is 10.1. The highest BCUT2D eigenvalue weighted by Gasteiger charge is 2.21. The maximum Gasteiger partial charge on any atom is 0.360 e. The number of ether oxygens (including phenoxy) is 1. The van der Waals surface area contributed by atoms with Gasteiger partial charge in [-0.25, -0.2) is 9.48 Å². The molecule has 0 saturated carbocycles. The fourth-order valence-electron chi connectivity index (χ4n) is 1.77. The van der Waals surface area contributed by atoms with Crippen LogP contribution in [-0.2, 0) is 17.7 Å². The van der Waals surface area contributed by atoms with Crippen LogP contribution in [0.5, 0.6) is 0 Å². The van der Waals surface area contributed by atoms with Gasteiger partial charge in [0.15, 0.2) is 5.69 Å². The van der Waals surface area contributed by atoms with Crippen LogP contribution >= 0.6 is 0 Å². The number of carbonyl (C=O) groups is 1. The van der Waals surface area contributed by atoms with Gasteiger partial charge in [0, 0.05) is 6.54 Å². The third kappa shape index (κ3) is 4.63. The molecule has 0 bridgehead atoms. The summed E-state index contributed by atoms with van der Waals surface area (Å²) in [7, 11) is 0. The van der Waals surface area contributed by atoms with Crippen molar-refractivity contribution in [2.45, 2.75) is 53.2 Å². The first-order chi connectivity index (χ1) is 8.95. The Morgan fingerprint density at radius 3 is 2.63 bits per heavy atom. The van der Waals surface area contributed by atoms with Crippen molar-refractivity contribution in [1.82, 2.24) is 15.0 Å². The van der Waals surface area contributed by atoms with Gasteiger partial charge >= 0.3 is 5.97 Å². The summed E-state index contributed by atoms with van der Waals surface area (Å²) in [5, 5.41) is 17.3. The number of nitrogens with zero attached hydrogens (tertiary/aromatic N) is 3. The van der Waals surface area contributed by atoms with E-state index >= 15 is 0 Å². The average Bonchev–Trinajstić information content (AvgIpc) is 2.69. The van der Waals surface area contributed by atoms with E-state index in [-0.39, 0.29) is 0 Å². The summed E-state index contributed by atoms with van der Waals surface area (Å²) in [6, 6.07) is 0. The summed E-state index contributed by atoms with van der Waals surface area (Å²) in [6.45, 7) is 8.50. The van der Waals surface area contributed by atoms with Crippen molar-refractivity contribution in [1.29, 1.82) is 0 Å². The van der Waals surface area contributed by atoms with Crippen LogP contribution in [0.3, 0.4) is 0 Å². The molecule has 0 fully saturated rings. The lowest BCUT2D eigenvalue weighted by Gasteiger charge is -2.10. The first-order valence-electron chi connectivity index (χ1n) is 6.73. The van der Waals surface area contributed by atoms with E-state index in [4.69, 9.17) is 4.74 Å². The van der Waals surface area contributed by atoms with Crippen molar-refractivity contribution in [2.75, 3.05) is 6.61 Å². The molecular weight excluding hydrogens is 246 g/mol. The molecule has 0 aliphatic rings. The molecule has 1 atom stereocenters. The molecule has 19 heavy (non-hydrogen) atoms. The molecule has 0 spiro atoms. The second-order valence-corrected chi connectivity index (χ2v) is 5.06. The van der Waals surface area contributed by atoms with E-state index in [0.717, 1.165) is 5.69 Å². The van der Waals surface area contributed by atoms with E-state index in [1.165, 1.54) is 0 Å². The average molecular weight is 269 g/mol. The summed E-state index contributed by atoms with van der Waals surface area (Å²) in [5.74, 6) is -0.0431. The molecule has 1 aromatic rings. The van der Waals surface area contributed by atoms with E-state index in [9.17, 15) is 9.90 Å². The predicted octanol–water partition coefficient (Wildman–Crippen LogP) is 1.42. The van der Waals surface area contributed by atoms with Crippen LogP contribution in [0.4, 0.5) is 0 Å². The number of aliphatic hydroxyl groups excluding tert-OH is 1. The Kier molecular flexibility index (Phi) is 5.95. The van der Waals surface area contributed by atoms with Gasteiger partial charge in [-0.15, -0.1) is 5.10 Å². The van der Waals surface area contributed by atoms with Crippen LogP contribution < -0.4 is 0 Å². The van der Waals surface area contributed by atoms with E-state index in [1.807, 2.05) is 0 Å². The molecule has 1 rings (SSSR count). The van der Waals surface area contributed by atoms with Gasteiger partial charge in [0.25, 0.3) is 0 Å². The normalized spacial score (nSPS) is 12.7. The third-order valence-electron chi connectivity index (χ3n) is 2.67. The van der Waals surface area contributed by atoms with Crippen molar-refractivity contribution in [3.63, 3.8) is 0 Å². The quantitative estimate of drug-likeness (QED) is 0.758. The Labute approximate surface area is 113 Å². The molecule has 0 radical (unpaired) electrons. The smallest absolute Gasteiger partial charge is 0.360 e. The summed E-state index contributed by atoms with van der Waals surface area (Å²) in [4.78, 5) is 11.8. The van der Waals surface area contributed by atoms with Crippen LogP contribution in [0.25, 0.3) is 0 Å². The molecule has 1 aromatic heterocycles. The zero-order valence-corrected chi connectivity index (χ0v) is 12.1. The van der Waals surface area contributed by atoms with Crippen molar-refractivity contribution in [2.24, 2.45) is 5.92 Å². The van der Waals surface area contributed by atoms with Gasteiger partial charge < -0.3 is 9.84 Å². The van der Waals surface area contributed by atoms with Crippen molar-refractivity contribution in [3.05, 3.63) is 11.4 Å². The molecule has 108 valence electrons. The molecule has 0 saturated heterocycles. The minimum absolute atomic E-state index is 0.293. The number of hydrogen-bond acceptors (Lipinski definition) is 5. The maximum atomic E-state index is 11.8. The Balaban J connectivity index is 2.94. The Bertz CT molecular complexity index is 413. The molecular formula is C13H23N3O3. The first-order valence-corrected chi connectivity index (χ1v) is 6.73. The van der Waals surface area contributed by atoms with Crippen LogP contribution in [0, 0.1) is 5.92 Å². The zero-order valence-electron chi connectivity index (χ0n) is 12.1. The monoisotopic (exact) mass is 269 g/mol. The Morgan fingerprint density at radius 2 is 2.11 bits per heavy atom. The minimum atomic E-state index is -0.429. The number of aromatic nitrogens is 3. The van der Waals surface area contributed by atoms with Gasteiger partial charge in [0.2, 0.25) is 0 Å². The summed E-state index contributed by atoms with van der Waals surface area (Å²) < 4.78 is 6.68. The molecule has 1 N–H and O–H groups in total. The molecule has 6 heteroatoms. The molecule has 1 unspecified atom stereocenters. The summed E-state index contributed by atoms with van der Waals surface area (Å²) in [5.41, 5.74) is 1.08. The Hall–Kier alpha value is -1.43. The van der Waals surface area contributed by atoms with Gasteiger partial charge in [-0.1, -0.05) is 19.1 Å². The van der Waals surface area contributed by atoms with Crippen LogP contribution in [0.1, 0.15) is 50.3 Å². The van der Waals surface area contributed by atoms with E-state index in [2.05, 4.69) is 24.2 Å². The number of aryl methyl sites for hydroxylation is 1. The number of hydrogen-bond donors (Lipinski definition) is 1. The highest BCUT2D eigenvalue weighted by atomic mass is 16.5. The highest BCUT2D eigenvalue weighted by molar-refractivity contribution is 5.88. The molecule has 1 heterocycles. The lowest BCUT2D eigenvalue weighted by Crippen LogP contribution is -2.15. The second-order valence-electron chi connectivity index (χ2n) is 5.06. The number of aliphatic hydroxyl groups is 1. The molecule has 0 aliphatic carbocycles. The summed E-state index contributed by atoms with van der Waals surface area (Å²) in [6.07, 6.45) is 0.889. The first kappa shape index (κ1) is 15.6. The van der Waals surface area contributed by atoms with Crippen molar-refractivity contribution in [3.8, 4) is 0 Å². The number of rotatable bonds is 7. The lowest BCUT2D eigenvalue weighted by molar-refractivity contribution is 0.0517. The fraction of sp³-hybridized carbons (Fsp3) is 0.769. The maximum absolute atomic E-state index is 11.8.